The molecule has 0 fully saturated rings. The van der Waals surface area contributed by atoms with E-state index in [1.807, 2.05) is 30.3 Å². The molecule has 4 rings (SSSR count). The molecule has 0 unspecified atom stereocenters. The van der Waals surface area contributed by atoms with Crippen molar-refractivity contribution in [1.29, 1.82) is 5.26 Å². The molecule has 1 aliphatic heterocycles. The lowest BCUT2D eigenvalue weighted by molar-refractivity contribution is -0.141. The van der Waals surface area contributed by atoms with E-state index in [0.717, 1.165) is 17.3 Å². The zero-order valence-electron chi connectivity index (χ0n) is 19.3. The maximum Gasteiger partial charge on any atom is 0.316 e. The van der Waals surface area contributed by atoms with Crippen molar-refractivity contribution in [2.24, 2.45) is 0 Å². The van der Waals surface area contributed by atoms with Gasteiger partial charge in [-0.05, 0) is 48.9 Å². The Morgan fingerprint density at radius 2 is 1.89 bits per heavy atom. The summed E-state index contributed by atoms with van der Waals surface area (Å²) in [7, 11) is 0. The molecule has 2 aromatic carbocycles. The Hall–Kier alpha value is -3.93. The SMILES string of the molecule is CC1=C(C(=O)Nc2ccc(Cl)cc2)[C@H](c2ccco2)C(C#N)=C(SCC(=O)OCc2ccccc2)N1. The number of nitrogens with one attached hydrogen (secondary N) is 2. The zero-order valence-corrected chi connectivity index (χ0v) is 20.9. The Morgan fingerprint density at radius 3 is 2.56 bits per heavy atom. The number of amides is 1. The fourth-order valence-electron chi connectivity index (χ4n) is 3.71. The molecule has 182 valence electrons. The third-order valence-corrected chi connectivity index (χ3v) is 6.64. The maximum absolute atomic E-state index is 13.3. The largest absolute Gasteiger partial charge is 0.468 e. The first-order valence-electron chi connectivity index (χ1n) is 11.0. The standard InChI is InChI=1S/C27H22ClN3O4S/c1-17-24(26(33)31-20-11-9-19(28)10-12-20)25(22-8-5-13-34-22)21(14-29)27(30-17)36-16-23(32)35-15-18-6-3-2-4-7-18/h2-13,25,30H,15-16H2,1H3,(H,31,33)/t25-/m0/s1. The summed E-state index contributed by atoms with van der Waals surface area (Å²) in [6, 6.07) is 21.7. The molecule has 1 atom stereocenters. The zero-order chi connectivity index (χ0) is 25.5. The third-order valence-electron chi connectivity index (χ3n) is 5.40. The number of thioether (sulfide) groups is 1. The molecule has 1 aromatic heterocycles. The van der Waals surface area contributed by atoms with Crippen molar-refractivity contribution in [1.82, 2.24) is 5.32 Å². The highest BCUT2D eigenvalue weighted by Crippen LogP contribution is 2.41. The van der Waals surface area contributed by atoms with Crippen LogP contribution in [0.4, 0.5) is 5.69 Å². The Bertz CT molecular complexity index is 1340. The summed E-state index contributed by atoms with van der Waals surface area (Å²) < 4.78 is 11.0. The van der Waals surface area contributed by atoms with E-state index in [-0.39, 0.29) is 23.8 Å². The molecule has 1 aliphatic rings. The second-order valence-electron chi connectivity index (χ2n) is 7.86. The van der Waals surface area contributed by atoms with Crippen LogP contribution in [0.25, 0.3) is 0 Å². The van der Waals surface area contributed by atoms with Gasteiger partial charge >= 0.3 is 5.97 Å². The lowest BCUT2D eigenvalue weighted by Crippen LogP contribution is -2.30. The van der Waals surface area contributed by atoms with Crippen LogP contribution in [0.5, 0.6) is 0 Å². The lowest BCUT2D eigenvalue weighted by atomic mass is 9.85. The van der Waals surface area contributed by atoms with Crippen LogP contribution < -0.4 is 10.6 Å². The number of hydrogen-bond acceptors (Lipinski definition) is 7. The second-order valence-corrected chi connectivity index (χ2v) is 9.28. The molecule has 0 radical (unpaired) electrons. The number of benzene rings is 2. The molecule has 2 N–H and O–H groups in total. The van der Waals surface area contributed by atoms with Gasteiger partial charge in [0.05, 0.1) is 40.2 Å². The summed E-state index contributed by atoms with van der Waals surface area (Å²) in [5, 5.41) is 17.1. The number of rotatable bonds is 8. The van der Waals surface area contributed by atoms with Gasteiger partial charge in [0.2, 0.25) is 0 Å². The van der Waals surface area contributed by atoms with E-state index in [9.17, 15) is 14.9 Å². The number of nitrogens with zero attached hydrogens (tertiary/aromatic N) is 1. The minimum absolute atomic E-state index is 0.00912. The van der Waals surface area contributed by atoms with Gasteiger partial charge in [0, 0.05) is 16.4 Å². The highest BCUT2D eigenvalue weighted by atomic mass is 35.5. The van der Waals surface area contributed by atoms with E-state index in [2.05, 4.69) is 16.7 Å². The molecular formula is C27H22ClN3O4S. The molecule has 36 heavy (non-hydrogen) atoms. The molecule has 0 saturated carbocycles. The molecule has 9 heteroatoms. The fraction of sp³-hybridized carbons (Fsp3) is 0.148. The maximum atomic E-state index is 13.3. The summed E-state index contributed by atoms with van der Waals surface area (Å²) in [4.78, 5) is 25.7. The smallest absolute Gasteiger partial charge is 0.316 e. The van der Waals surface area contributed by atoms with Gasteiger partial charge in [-0.3, -0.25) is 9.59 Å². The molecule has 0 aliphatic carbocycles. The number of halogens is 1. The number of anilines is 1. The third kappa shape index (κ3) is 6.00. The van der Waals surface area contributed by atoms with E-state index < -0.39 is 11.9 Å². The van der Waals surface area contributed by atoms with Gasteiger partial charge in [-0.2, -0.15) is 5.26 Å². The molecule has 2 heterocycles. The molecule has 3 aromatic rings. The number of carbonyl (C=O) groups is 2. The molecule has 7 nitrogen and oxygen atoms in total. The number of carbonyl (C=O) groups excluding carboxylic acids is 2. The van der Waals surface area contributed by atoms with E-state index in [4.69, 9.17) is 20.8 Å². The van der Waals surface area contributed by atoms with Crippen LogP contribution in [0.2, 0.25) is 5.02 Å². The molecule has 1 amide bonds. The van der Waals surface area contributed by atoms with Crippen molar-refractivity contribution in [3.63, 3.8) is 0 Å². The first-order valence-corrected chi connectivity index (χ1v) is 12.4. The van der Waals surface area contributed by atoms with Gasteiger partial charge < -0.3 is 19.8 Å². The number of nitriles is 1. The quantitative estimate of drug-likeness (QED) is 0.365. The minimum Gasteiger partial charge on any atom is -0.468 e. The molecule has 0 spiro atoms. The Kier molecular flexibility index (Phi) is 8.16. The summed E-state index contributed by atoms with van der Waals surface area (Å²) in [6.45, 7) is 1.91. The number of esters is 1. The Morgan fingerprint density at radius 1 is 1.14 bits per heavy atom. The van der Waals surface area contributed by atoms with Crippen LogP contribution >= 0.6 is 23.4 Å². The first kappa shape index (κ1) is 25.2. The topological polar surface area (TPSA) is 104 Å². The fourth-order valence-corrected chi connectivity index (χ4v) is 4.73. The Labute approximate surface area is 217 Å². The van der Waals surface area contributed by atoms with Crippen molar-refractivity contribution in [2.45, 2.75) is 19.4 Å². The summed E-state index contributed by atoms with van der Waals surface area (Å²) >= 11 is 7.09. The van der Waals surface area contributed by atoms with Gasteiger partial charge in [-0.25, -0.2) is 0 Å². The van der Waals surface area contributed by atoms with Crippen LogP contribution in [0.15, 0.2) is 99.3 Å². The average Bonchev–Trinajstić information content (AvgIpc) is 3.42. The summed E-state index contributed by atoms with van der Waals surface area (Å²) in [6.07, 6.45) is 1.49. The second kappa shape index (κ2) is 11.7. The van der Waals surface area contributed by atoms with Gasteiger partial charge in [-0.1, -0.05) is 53.7 Å². The number of allylic oxidation sites excluding steroid dienone is 2. The van der Waals surface area contributed by atoms with Crippen molar-refractivity contribution in [3.05, 3.63) is 111 Å². The highest BCUT2D eigenvalue weighted by molar-refractivity contribution is 8.03. The van der Waals surface area contributed by atoms with Gasteiger partial charge in [0.15, 0.2) is 0 Å². The van der Waals surface area contributed by atoms with Crippen molar-refractivity contribution in [2.75, 3.05) is 11.1 Å². The van der Waals surface area contributed by atoms with Gasteiger partial charge in [0.25, 0.3) is 5.91 Å². The molecular weight excluding hydrogens is 498 g/mol. The predicted octanol–water partition coefficient (Wildman–Crippen LogP) is 5.74. The predicted molar refractivity (Wildman–Crippen MR) is 139 cm³/mol. The van der Waals surface area contributed by atoms with Crippen molar-refractivity contribution >= 4 is 40.9 Å². The first-order chi connectivity index (χ1) is 17.5. The van der Waals surface area contributed by atoms with Crippen LogP contribution in [0, 0.1) is 11.3 Å². The lowest BCUT2D eigenvalue weighted by Gasteiger charge is -2.28. The van der Waals surface area contributed by atoms with Crippen LogP contribution in [-0.4, -0.2) is 17.6 Å². The normalized spacial score (nSPS) is 15.2. The van der Waals surface area contributed by atoms with E-state index in [0.29, 0.717) is 32.8 Å². The summed E-state index contributed by atoms with van der Waals surface area (Å²) in [5.41, 5.74) is 2.61. The van der Waals surface area contributed by atoms with E-state index >= 15 is 0 Å². The van der Waals surface area contributed by atoms with Gasteiger partial charge in [0.1, 0.15) is 12.4 Å². The van der Waals surface area contributed by atoms with E-state index in [1.54, 1.807) is 43.3 Å². The number of hydrogen-bond donors (Lipinski definition) is 2. The highest BCUT2D eigenvalue weighted by Gasteiger charge is 2.36. The number of dihydropyridines is 1. The molecule has 0 saturated heterocycles. The number of furan rings is 1. The molecule has 0 bridgehead atoms. The average molecular weight is 520 g/mol. The summed E-state index contributed by atoms with van der Waals surface area (Å²) in [5.74, 6) is -1.12. The number of ether oxygens (including phenoxy) is 1. The minimum atomic E-state index is -0.749. The van der Waals surface area contributed by atoms with Crippen LogP contribution in [0.1, 0.15) is 24.2 Å². The van der Waals surface area contributed by atoms with Crippen molar-refractivity contribution in [3.8, 4) is 6.07 Å². The van der Waals surface area contributed by atoms with E-state index in [1.165, 1.54) is 6.26 Å². The van der Waals surface area contributed by atoms with Crippen molar-refractivity contribution < 1.29 is 18.7 Å². The monoisotopic (exact) mass is 519 g/mol. The van der Waals surface area contributed by atoms with Crippen LogP contribution in [-0.2, 0) is 20.9 Å². The Balaban J connectivity index is 1.53. The van der Waals surface area contributed by atoms with Gasteiger partial charge in [-0.15, -0.1) is 0 Å². The van der Waals surface area contributed by atoms with Crippen LogP contribution in [0.3, 0.4) is 0 Å².